The highest BCUT2D eigenvalue weighted by atomic mass is 19.4. The van der Waals surface area contributed by atoms with Crippen LogP contribution in [0.5, 0.6) is 23.0 Å². The highest BCUT2D eigenvalue weighted by Gasteiger charge is 2.39. The van der Waals surface area contributed by atoms with Gasteiger partial charge in [-0.05, 0) is 98.2 Å². The van der Waals surface area contributed by atoms with Crippen molar-refractivity contribution in [3.05, 3.63) is 96.1 Å². The molecule has 0 spiro atoms. The minimum absolute atomic E-state index is 0.0512. The second-order valence-corrected chi connectivity index (χ2v) is 16.0. The topological polar surface area (TPSA) is 89.5 Å². The Bertz CT molecular complexity index is 2150. The summed E-state index contributed by atoms with van der Waals surface area (Å²) in [6.07, 6.45) is -5.75. The number of benzene rings is 4. The quantitative estimate of drug-likeness (QED) is 0.0281. The van der Waals surface area contributed by atoms with Crippen LogP contribution in [-0.4, -0.2) is 51.1 Å². The van der Waals surface area contributed by atoms with E-state index in [0.29, 0.717) is 61.5 Å². The first-order chi connectivity index (χ1) is 32.8. The molecule has 0 saturated carbocycles. The average molecular weight is 991 g/mol. The molecule has 0 saturated heterocycles. The number of unbranched alkanes of at least 4 members (excludes halogenated alkanes) is 5. The predicted molar refractivity (Wildman–Crippen MR) is 240 cm³/mol. The van der Waals surface area contributed by atoms with Crippen molar-refractivity contribution in [1.29, 1.82) is 0 Å². The molecule has 382 valence electrons. The van der Waals surface area contributed by atoms with Crippen LogP contribution in [0, 0.1) is 35.1 Å². The highest BCUT2D eigenvalue weighted by Crippen LogP contribution is 2.36. The Morgan fingerprint density at radius 1 is 0.435 bits per heavy atom. The van der Waals surface area contributed by atoms with Crippen LogP contribution in [0.2, 0.25) is 0 Å². The number of rotatable bonds is 25. The lowest BCUT2D eigenvalue weighted by Gasteiger charge is -2.19. The van der Waals surface area contributed by atoms with Crippen LogP contribution in [0.3, 0.4) is 0 Å². The maximum absolute atomic E-state index is 14.6. The zero-order chi connectivity index (χ0) is 51.0. The van der Waals surface area contributed by atoms with Crippen molar-refractivity contribution in [2.45, 2.75) is 124 Å². The zero-order valence-electron chi connectivity index (χ0n) is 39.1. The summed E-state index contributed by atoms with van der Waals surface area (Å²) in [6.45, 7) is 7.68. The predicted octanol–water partition coefficient (Wildman–Crippen LogP) is 16.6. The van der Waals surface area contributed by atoms with Crippen molar-refractivity contribution in [1.82, 2.24) is 0 Å². The van der Waals surface area contributed by atoms with Crippen molar-refractivity contribution in [3.63, 3.8) is 0 Å². The molecule has 69 heavy (non-hydrogen) atoms. The lowest BCUT2D eigenvalue weighted by atomic mass is 9.98. The van der Waals surface area contributed by atoms with Crippen molar-refractivity contribution < 1.29 is 81.9 Å². The van der Waals surface area contributed by atoms with Crippen LogP contribution in [0.4, 0.5) is 53.5 Å². The SMILES string of the molecule is CCCCCOc1ccc(-c2ccc(OC(=O)OCCC(CCCC)C(F)(F)F)c(F)c2F)cc1.CCCCOc1ccc(-c2ccc(OC(=O)OCCC(CCCC)C(F)(F)F)c(F)c2F)cc1. The zero-order valence-corrected chi connectivity index (χ0v) is 39.1. The van der Waals surface area contributed by atoms with E-state index < -0.39 is 97.3 Å². The minimum atomic E-state index is -4.41. The normalized spacial score (nSPS) is 12.3. The Balaban J connectivity index is 0.000000365. The first kappa shape index (κ1) is 57.6. The van der Waals surface area contributed by atoms with Gasteiger partial charge in [0.2, 0.25) is 11.6 Å². The third-order valence-electron chi connectivity index (χ3n) is 10.7. The summed E-state index contributed by atoms with van der Waals surface area (Å²) in [5.41, 5.74) is 0.673. The summed E-state index contributed by atoms with van der Waals surface area (Å²) in [5, 5.41) is 0. The number of carbonyl (C=O) groups excluding carboxylic acids is 2. The molecule has 0 aliphatic rings. The minimum Gasteiger partial charge on any atom is -0.494 e. The smallest absolute Gasteiger partial charge is 0.494 e. The monoisotopic (exact) mass is 990 g/mol. The lowest BCUT2D eigenvalue weighted by molar-refractivity contribution is -0.181. The van der Waals surface area contributed by atoms with Gasteiger partial charge in [0, 0.05) is 11.1 Å². The van der Waals surface area contributed by atoms with Gasteiger partial charge in [0.1, 0.15) is 11.5 Å². The van der Waals surface area contributed by atoms with Crippen LogP contribution >= 0.6 is 0 Å². The van der Waals surface area contributed by atoms with E-state index in [1.54, 1.807) is 62.4 Å². The van der Waals surface area contributed by atoms with E-state index >= 15 is 0 Å². The molecule has 2 atom stereocenters. The molecule has 4 aromatic carbocycles. The number of carbonyl (C=O) groups is 2. The summed E-state index contributed by atoms with van der Waals surface area (Å²) in [5.74, 6) is -8.74. The van der Waals surface area contributed by atoms with E-state index in [9.17, 15) is 53.5 Å². The molecule has 0 aliphatic carbocycles. The fraction of sp³-hybridized carbons (Fsp3) is 0.490. The standard InChI is InChI=1S/C26H31F5O4.C25H29F5O4/c1-3-5-7-16-33-20-11-9-18(10-12-20)21-13-14-22(24(28)23(21)27)35-25(32)34-17-15-19(8-6-4-2)26(29,30)31;1-3-5-7-18(25(28,29)30)14-16-33-24(31)34-21-13-12-20(22(26)23(21)27)17-8-10-19(11-9-17)32-15-6-4-2/h9-14,19H,3-8,15-17H2,1-2H3;8-13,18H,3-7,14-16H2,1-2H3. The molecule has 8 nitrogen and oxygen atoms in total. The van der Waals surface area contributed by atoms with Gasteiger partial charge in [0.05, 0.1) is 38.3 Å². The van der Waals surface area contributed by atoms with Gasteiger partial charge >= 0.3 is 24.7 Å². The Hall–Kier alpha value is -5.68. The fourth-order valence-electron chi connectivity index (χ4n) is 6.66. The van der Waals surface area contributed by atoms with Crippen molar-refractivity contribution in [2.24, 2.45) is 11.8 Å². The van der Waals surface area contributed by atoms with Gasteiger partial charge in [0.25, 0.3) is 0 Å². The molecule has 0 heterocycles. The van der Waals surface area contributed by atoms with E-state index in [1.165, 1.54) is 12.1 Å². The van der Waals surface area contributed by atoms with Gasteiger partial charge in [-0.25, -0.2) is 18.4 Å². The van der Waals surface area contributed by atoms with Gasteiger partial charge in [-0.15, -0.1) is 0 Å². The molecule has 0 N–H and O–H groups in total. The number of hydrogen-bond acceptors (Lipinski definition) is 8. The Morgan fingerprint density at radius 3 is 1.14 bits per heavy atom. The molecule has 4 aromatic rings. The average Bonchev–Trinajstić information content (AvgIpc) is 3.31. The number of hydrogen-bond donors (Lipinski definition) is 0. The Morgan fingerprint density at radius 2 is 0.797 bits per heavy atom. The maximum atomic E-state index is 14.6. The summed E-state index contributed by atoms with van der Waals surface area (Å²) in [6, 6.07) is 17.5. The first-order valence-electron chi connectivity index (χ1n) is 23.1. The summed E-state index contributed by atoms with van der Waals surface area (Å²) >= 11 is 0. The van der Waals surface area contributed by atoms with Crippen LogP contribution in [0.15, 0.2) is 72.8 Å². The van der Waals surface area contributed by atoms with Gasteiger partial charge in [-0.2, -0.15) is 35.1 Å². The largest absolute Gasteiger partial charge is 0.513 e. The van der Waals surface area contributed by atoms with Gasteiger partial charge < -0.3 is 28.4 Å². The van der Waals surface area contributed by atoms with Gasteiger partial charge in [-0.3, -0.25) is 0 Å². The Kier molecular flexibility index (Phi) is 24.5. The number of alkyl halides is 6. The molecule has 0 fully saturated rings. The van der Waals surface area contributed by atoms with Crippen LogP contribution in [0.25, 0.3) is 22.3 Å². The molecule has 4 rings (SSSR count). The number of halogens is 10. The summed E-state index contributed by atoms with van der Waals surface area (Å²) < 4.78 is 166. The van der Waals surface area contributed by atoms with Crippen molar-refractivity contribution in [2.75, 3.05) is 26.4 Å². The van der Waals surface area contributed by atoms with E-state index in [-0.39, 0.29) is 24.0 Å². The molecule has 0 aromatic heterocycles. The van der Waals surface area contributed by atoms with E-state index in [1.807, 2.05) is 6.92 Å². The van der Waals surface area contributed by atoms with Crippen LogP contribution in [0.1, 0.15) is 111 Å². The second-order valence-electron chi connectivity index (χ2n) is 16.0. The van der Waals surface area contributed by atoms with Gasteiger partial charge in [-0.1, -0.05) is 96.9 Å². The fourth-order valence-corrected chi connectivity index (χ4v) is 6.66. The molecule has 0 aliphatic heterocycles. The molecular weight excluding hydrogens is 931 g/mol. The summed E-state index contributed by atoms with van der Waals surface area (Å²) in [7, 11) is 0. The number of ether oxygens (including phenoxy) is 6. The molecule has 0 radical (unpaired) electrons. The summed E-state index contributed by atoms with van der Waals surface area (Å²) in [4.78, 5) is 23.6. The third-order valence-corrected chi connectivity index (χ3v) is 10.7. The lowest BCUT2D eigenvalue weighted by Crippen LogP contribution is -2.25. The molecule has 2 unspecified atom stereocenters. The van der Waals surface area contributed by atoms with E-state index in [2.05, 4.69) is 25.9 Å². The molecular formula is C51H60F10O8. The van der Waals surface area contributed by atoms with E-state index in [4.69, 9.17) is 9.47 Å². The Labute approximate surface area is 396 Å². The highest BCUT2D eigenvalue weighted by molar-refractivity contribution is 5.69. The molecule has 18 heteroatoms. The molecule has 0 bridgehead atoms. The van der Waals surface area contributed by atoms with Crippen LogP contribution < -0.4 is 18.9 Å². The van der Waals surface area contributed by atoms with Crippen molar-refractivity contribution in [3.8, 4) is 45.3 Å². The third kappa shape index (κ3) is 19.7. The van der Waals surface area contributed by atoms with Gasteiger partial charge in [0.15, 0.2) is 23.1 Å². The molecule has 0 amide bonds. The first-order valence-corrected chi connectivity index (χ1v) is 23.1. The van der Waals surface area contributed by atoms with E-state index in [0.717, 1.165) is 44.2 Å². The van der Waals surface area contributed by atoms with Crippen LogP contribution in [-0.2, 0) is 9.47 Å². The van der Waals surface area contributed by atoms with Crippen molar-refractivity contribution >= 4 is 12.3 Å². The second kappa shape index (κ2) is 29.4. The maximum Gasteiger partial charge on any atom is 0.513 e.